The Balaban J connectivity index is 1.60. The number of anilines is 2. The van der Waals surface area contributed by atoms with Crippen LogP contribution in [0.1, 0.15) is 12.0 Å². The number of fused-ring (bicyclic) bond motifs is 1. The van der Waals surface area contributed by atoms with Crippen LogP contribution in [0.4, 0.5) is 11.4 Å². The maximum atomic E-state index is 9.43. The van der Waals surface area contributed by atoms with E-state index >= 15 is 0 Å². The van der Waals surface area contributed by atoms with Gasteiger partial charge in [0.1, 0.15) is 6.07 Å². The molecule has 0 saturated carbocycles. The molecule has 4 rings (SSSR count). The number of pyridine rings is 1. The molecule has 1 aliphatic heterocycles. The molecular weight excluding hydrogens is 300 g/mol. The average molecular weight is 318 g/mol. The van der Waals surface area contributed by atoms with Crippen LogP contribution in [0.25, 0.3) is 10.9 Å². The molecule has 1 aromatic carbocycles. The molecular formula is C18H18N6. The number of nitrogens with one attached hydrogen (secondary N) is 1. The van der Waals surface area contributed by atoms with Gasteiger partial charge >= 0.3 is 0 Å². The lowest BCUT2D eigenvalue weighted by Crippen LogP contribution is -2.26. The summed E-state index contributed by atoms with van der Waals surface area (Å²) < 4.78 is 1.82. The second-order valence-electron chi connectivity index (χ2n) is 6.12. The van der Waals surface area contributed by atoms with Crippen molar-refractivity contribution in [2.45, 2.75) is 12.5 Å². The van der Waals surface area contributed by atoms with Gasteiger partial charge in [0, 0.05) is 44.0 Å². The van der Waals surface area contributed by atoms with Crippen LogP contribution >= 0.6 is 0 Å². The summed E-state index contributed by atoms with van der Waals surface area (Å²) in [5.41, 5.74) is 3.53. The van der Waals surface area contributed by atoms with E-state index in [0.717, 1.165) is 41.8 Å². The van der Waals surface area contributed by atoms with Crippen molar-refractivity contribution < 1.29 is 0 Å². The Morgan fingerprint density at radius 1 is 1.29 bits per heavy atom. The average Bonchev–Trinajstić information content (AvgIpc) is 3.24. The minimum atomic E-state index is 0.295. The minimum absolute atomic E-state index is 0.295. The van der Waals surface area contributed by atoms with Gasteiger partial charge in [0.15, 0.2) is 0 Å². The molecule has 0 radical (unpaired) electrons. The highest BCUT2D eigenvalue weighted by molar-refractivity contribution is 5.94. The van der Waals surface area contributed by atoms with Gasteiger partial charge in [-0.1, -0.05) is 18.2 Å². The van der Waals surface area contributed by atoms with Crippen LogP contribution in [0.2, 0.25) is 0 Å². The van der Waals surface area contributed by atoms with E-state index in [9.17, 15) is 5.26 Å². The molecule has 1 N–H and O–H groups in total. The zero-order chi connectivity index (χ0) is 16.5. The lowest BCUT2D eigenvalue weighted by molar-refractivity contribution is 0.767. The molecule has 1 aliphatic rings. The number of hydrogen-bond acceptors (Lipinski definition) is 5. The predicted octanol–water partition coefficient (Wildman–Crippen LogP) is 2.53. The zero-order valence-corrected chi connectivity index (χ0v) is 13.5. The summed E-state index contributed by atoms with van der Waals surface area (Å²) in [6.45, 7) is 1.88. The Hall–Kier alpha value is -3.07. The summed E-state index contributed by atoms with van der Waals surface area (Å²) in [4.78, 5) is 6.69. The molecule has 6 heteroatoms. The van der Waals surface area contributed by atoms with Crippen LogP contribution in [-0.2, 0) is 7.05 Å². The van der Waals surface area contributed by atoms with Gasteiger partial charge < -0.3 is 10.2 Å². The Morgan fingerprint density at radius 2 is 2.17 bits per heavy atom. The monoisotopic (exact) mass is 318 g/mol. The van der Waals surface area contributed by atoms with E-state index < -0.39 is 0 Å². The predicted molar refractivity (Wildman–Crippen MR) is 93.9 cm³/mol. The molecule has 0 amide bonds. The highest BCUT2D eigenvalue weighted by Gasteiger charge is 2.24. The van der Waals surface area contributed by atoms with Crippen LogP contribution in [0.3, 0.4) is 0 Å². The normalized spacial score (nSPS) is 17.2. The Labute approximate surface area is 140 Å². The summed E-state index contributed by atoms with van der Waals surface area (Å²) in [5.74, 6) is 0. The summed E-state index contributed by atoms with van der Waals surface area (Å²) >= 11 is 0. The van der Waals surface area contributed by atoms with E-state index in [-0.39, 0.29) is 0 Å². The first-order valence-corrected chi connectivity index (χ1v) is 8.02. The molecule has 120 valence electrons. The van der Waals surface area contributed by atoms with Crippen molar-refractivity contribution in [2.24, 2.45) is 7.05 Å². The lowest BCUT2D eigenvalue weighted by atomic mass is 10.1. The highest BCUT2D eigenvalue weighted by Crippen LogP contribution is 2.28. The third-order valence-electron chi connectivity index (χ3n) is 4.49. The molecule has 0 spiro atoms. The Kier molecular flexibility index (Phi) is 3.54. The first-order valence-electron chi connectivity index (χ1n) is 8.02. The number of aryl methyl sites for hydroxylation is 1. The van der Waals surface area contributed by atoms with Gasteiger partial charge in [-0.3, -0.25) is 9.67 Å². The van der Waals surface area contributed by atoms with E-state index in [1.165, 1.54) is 0 Å². The van der Waals surface area contributed by atoms with Crippen molar-refractivity contribution in [3.05, 3.63) is 48.4 Å². The van der Waals surface area contributed by atoms with Gasteiger partial charge in [-0.05, 0) is 12.5 Å². The van der Waals surface area contributed by atoms with Gasteiger partial charge in [0.25, 0.3) is 0 Å². The molecule has 2 aromatic heterocycles. The third-order valence-corrected chi connectivity index (χ3v) is 4.49. The van der Waals surface area contributed by atoms with Crippen molar-refractivity contribution in [3.63, 3.8) is 0 Å². The largest absolute Gasteiger partial charge is 0.379 e. The number of aromatic nitrogens is 3. The van der Waals surface area contributed by atoms with Crippen LogP contribution in [0.5, 0.6) is 0 Å². The number of benzene rings is 1. The molecule has 1 saturated heterocycles. The van der Waals surface area contributed by atoms with E-state index in [2.05, 4.69) is 26.4 Å². The van der Waals surface area contributed by atoms with E-state index in [0.29, 0.717) is 11.6 Å². The molecule has 3 aromatic rings. The van der Waals surface area contributed by atoms with Gasteiger partial charge in [-0.15, -0.1) is 0 Å². The smallest absolute Gasteiger partial charge is 0.103 e. The fourth-order valence-corrected chi connectivity index (χ4v) is 3.27. The molecule has 0 bridgehead atoms. The fraction of sp³-hybridized carbons (Fsp3) is 0.278. The summed E-state index contributed by atoms with van der Waals surface area (Å²) in [6.07, 6.45) is 6.60. The number of hydrogen-bond donors (Lipinski definition) is 1. The van der Waals surface area contributed by atoms with Gasteiger partial charge in [0.05, 0.1) is 28.7 Å². The molecule has 6 nitrogen and oxygen atoms in total. The van der Waals surface area contributed by atoms with Crippen molar-refractivity contribution in [2.75, 3.05) is 23.3 Å². The van der Waals surface area contributed by atoms with Crippen LogP contribution in [0, 0.1) is 11.3 Å². The molecule has 1 unspecified atom stereocenters. The number of rotatable bonds is 3. The van der Waals surface area contributed by atoms with Crippen LogP contribution in [0.15, 0.2) is 42.9 Å². The van der Waals surface area contributed by atoms with Gasteiger partial charge in [-0.25, -0.2) is 0 Å². The van der Waals surface area contributed by atoms with Gasteiger partial charge in [-0.2, -0.15) is 10.4 Å². The minimum Gasteiger partial charge on any atom is -0.379 e. The lowest BCUT2D eigenvalue weighted by Gasteiger charge is -2.19. The van der Waals surface area contributed by atoms with Crippen LogP contribution in [-0.4, -0.2) is 33.9 Å². The number of nitriles is 1. The number of para-hydroxylation sites is 1. The van der Waals surface area contributed by atoms with Crippen molar-refractivity contribution in [1.29, 1.82) is 5.26 Å². The van der Waals surface area contributed by atoms with Crippen LogP contribution < -0.4 is 10.2 Å². The number of nitrogens with zero attached hydrogens (tertiary/aromatic N) is 5. The topological polar surface area (TPSA) is 69.8 Å². The quantitative estimate of drug-likeness (QED) is 0.803. The first kappa shape index (κ1) is 14.5. The maximum Gasteiger partial charge on any atom is 0.103 e. The Morgan fingerprint density at radius 3 is 2.96 bits per heavy atom. The standard InChI is InChI=1S/C18H18N6/c1-23-12-15(10-21-23)24-7-6-14(11-24)22-18-13(8-19)9-20-17-5-3-2-4-16(17)18/h2-5,9-10,12,14H,6-7,11H2,1H3,(H,20,22). The second kappa shape index (κ2) is 5.85. The van der Waals surface area contributed by atoms with E-state index in [1.54, 1.807) is 6.20 Å². The first-order chi connectivity index (χ1) is 11.7. The molecule has 3 heterocycles. The fourth-order valence-electron chi connectivity index (χ4n) is 3.27. The van der Waals surface area contributed by atoms with Crippen molar-refractivity contribution in [3.8, 4) is 6.07 Å². The summed E-state index contributed by atoms with van der Waals surface area (Å²) in [6, 6.07) is 10.5. The molecule has 1 fully saturated rings. The van der Waals surface area contributed by atoms with E-state index in [4.69, 9.17) is 0 Å². The highest BCUT2D eigenvalue weighted by atomic mass is 15.3. The van der Waals surface area contributed by atoms with E-state index in [1.807, 2.05) is 48.4 Å². The third kappa shape index (κ3) is 2.54. The molecule has 0 aliphatic carbocycles. The SMILES string of the molecule is Cn1cc(N2CCC(Nc3c(C#N)cnc4ccccc34)C2)cn1. The summed E-state index contributed by atoms with van der Waals surface area (Å²) in [7, 11) is 1.93. The molecule has 24 heavy (non-hydrogen) atoms. The maximum absolute atomic E-state index is 9.43. The molecule has 1 atom stereocenters. The van der Waals surface area contributed by atoms with Gasteiger partial charge in [0.2, 0.25) is 0 Å². The zero-order valence-electron chi connectivity index (χ0n) is 13.5. The van der Waals surface area contributed by atoms with Crippen molar-refractivity contribution in [1.82, 2.24) is 14.8 Å². The Bertz CT molecular complexity index is 923. The summed E-state index contributed by atoms with van der Waals surface area (Å²) in [5, 5.41) is 18.3. The second-order valence-corrected chi connectivity index (χ2v) is 6.12. The van der Waals surface area contributed by atoms with Crippen molar-refractivity contribution >= 4 is 22.3 Å².